The smallest absolute Gasteiger partial charge is 0.224 e. The van der Waals surface area contributed by atoms with Crippen molar-refractivity contribution in [1.29, 1.82) is 0 Å². The first-order chi connectivity index (χ1) is 11.5. The van der Waals surface area contributed by atoms with Crippen molar-refractivity contribution in [3.05, 3.63) is 34.3 Å². The number of hydrogen-bond acceptors (Lipinski definition) is 4. The maximum atomic E-state index is 12.4. The van der Waals surface area contributed by atoms with Gasteiger partial charge in [0.15, 0.2) is 0 Å². The van der Waals surface area contributed by atoms with E-state index in [0.29, 0.717) is 13.0 Å². The van der Waals surface area contributed by atoms with Gasteiger partial charge in [-0.2, -0.15) is 10.2 Å². The van der Waals surface area contributed by atoms with Gasteiger partial charge in [0, 0.05) is 70.2 Å². The Morgan fingerprint density at radius 3 is 2.54 bits per heavy atom. The summed E-state index contributed by atoms with van der Waals surface area (Å²) >= 11 is 3.44. The number of nitrogens with zero attached hydrogens (tertiary/aromatic N) is 6. The summed E-state index contributed by atoms with van der Waals surface area (Å²) in [5.41, 5.74) is 2.28. The highest BCUT2D eigenvalue weighted by Gasteiger charge is 2.21. The van der Waals surface area contributed by atoms with Crippen molar-refractivity contribution in [3.8, 4) is 0 Å². The van der Waals surface area contributed by atoms with E-state index in [1.54, 1.807) is 6.20 Å². The summed E-state index contributed by atoms with van der Waals surface area (Å²) in [4.78, 5) is 16.7. The van der Waals surface area contributed by atoms with Crippen LogP contribution in [-0.4, -0.2) is 61.4 Å². The molecule has 0 atom stereocenters. The van der Waals surface area contributed by atoms with Crippen molar-refractivity contribution in [2.24, 2.45) is 7.05 Å². The molecule has 2 aromatic rings. The van der Waals surface area contributed by atoms with Gasteiger partial charge in [0.25, 0.3) is 0 Å². The number of aryl methyl sites for hydroxylation is 2. The van der Waals surface area contributed by atoms with E-state index >= 15 is 0 Å². The van der Waals surface area contributed by atoms with E-state index in [4.69, 9.17) is 0 Å². The quantitative estimate of drug-likeness (QED) is 0.769. The highest BCUT2D eigenvalue weighted by Crippen LogP contribution is 2.15. The van der Waals surface area contributed by atoms with Gasteiger partial charge in [-0.15, -0.1) is 0 Å². The molecule has 7 nitrogen and oxygen atoms in total. The summed E-state index contributed by atoms with van der Waals surface area (Å²) < 4.78 is 4.68. The Hall–Kier alpha value is -1.67. The second kappa shape index (κ2) is 7.48. The van der Waals surface area contributed by atoms with Crippen LogP contribution < -0.4 is 0 Å². The normalized spacial score (nSPS) is 15.9. The van der Waals surface area contributed by atoms with Crippen LogP contribution in [-0.2, 0) is 24.9 Å². The number of rotatable bonds is 5. The van der Waals surface area contributed by atoms with Crippen LogP contribution in [0.25, 0.3) is 0 Å². The molecule has 1 aliphatic rings. The van der Waals surface area contributed by atoms with Crippen molar-refractivity contribution in [2.75, 3.05) is 26.2 Å². The zero-order valence-corrected chi connectivity index (χ0v) is 15.7. The SMILES string of the molecule is Cc1c(Br)cnn1CCC(=O)N1CCN(Cc2cnn(C)c2)CC1. The Morgan fingerprint density at radius 2 is 1.96 bits per heavy atom. The molecule has 0 aliphatic carbocycles. The number of aromatic nitrogens is 4. The lowest BCUT2D eigenvalue weighted by Crippen LogP contribution is -2.48. The Morgan fingerprint density at radius 1 is 1.21 bits per heavy atom. The molecule has 1 fully saturated rings. The summed E-state index contributed by atoms with van der Waals surface area (Å²) in [6.45, 7) is 6.93. The minimum absolute atomic E-state index is 0.210. The van der Waals surface area contributed by atoms with E-state index in [0.717, 1.165) is 42.9 Å². The highest BCUT2D eigenvalue weighted by atomic mass is 79.9. The average molecular weight is 395 g/mol. The fourth-order valence-corrected chi connectivity index (χ4v) is 3.27. The van der Waals surface area contributed by atoms with E-state index in [1.807, 2.05) is 40.6 Å². The molecule has 3 heterocycles. The van der Waals surface area contributed by atoms with Crippen LogP contribution in [0.5, 0.6) is 0 Å². The molecule has 1 saturated heterocycles. The summed E-state index contributed by atoms with van der Waals surface area (Å²) in [5.74, 6) is 0.210. The Labute approximate surface area is 150 Å². The van der Waals surface area contributed by atoms with Crippen LogP contribution in [0.4, 0.5) is 0 Å². The summed E-state index contributed by atoms with van der Waals surface area (Å²) in [6.07, 6.45) is 6.22. The van der Waals surface area contributed by atoms with E-state index in [2.05, 4.69) is 31.0 Å². The third kappa shape index (κ3) is 4.05. The van der Waals surface area contributed by atoms with Crippen LogP contribution in [0.2, 0.25) is 0 Å². The second-order valence-corrected chi connectivity index (χ2v) is 7.08. The van der Waals surface area contributed by atoms with Gasteiger partial charge in [-0.25, -0.2) is 0 Å². The lowest BCUT2D eigenvalue weighted by Gasteiger charge is -2.34. The monoisotopic (exact) mass is 394 g/mol. The van der Waals surface area contributed by atoms with Crippen LogP contribution in [0.1, 0.15) is 17.7 Å². The summed E-state index contributed by atoms with van der Waals surface area (Å²) in [5, 5.41) is 8.48. The maximum absolute atomic E-state index is 12.4. The van der Waals surface area contributed by atoms with Gasteiger partial charge in [-0.1, -0.05) is 0 Å². The number of carbonyl (C=O) groups excluding carboxylic acids is 1. The van der Waals surface area contributed by atoms with Gasteiger partial charge in [-0.05, 0) is 22.9 Å². The molecule has 0 unspecified atom stereocenters. The number of piperazine rings is 1. The van der Waals surface area contributed by atoms with Gasteiger partial charge < -0.3 is 4.90 Å². The zero-order valence-electron chi connectivity index (χ0n) is 14.2. The molecule has 0 saturated carbocycles. The van der Waals surface area contributed by atoms with Gasteiger partial charge in [0.05, 0.1) is 16.9 Å². The minimum atomic E-state index is 0.210. The standard InChI is InChI=1S/C16H23BrN6O/c1-13-15(17)10-19-23(13)4-3-16(24)22-7-5-21(6-8-22)12-14-9-18-20(2)11-14/h9-11H,3-8,12H2,1-2H3. The van der Waals surface area contributed by atoms with E-state index in [1.165, 1.54) is 5.56 Å². The third-order valence-electron chi connectivity index (χ3n) is 4.47. The Balaban J connectivity index is 1.44. The van der Waals surface area contributed by atoms with Crippen LogP contribution in [0.3, 0.4) is 0 Å². The van der Waals surface area contributed by atoms with Crippen LogP contribution in [0, 0.1) is 6.92 Å². The fourth-order valence-electron chi connectivity index (χ4n) is 2.98. The third-order valence-corrected chi connectivity index (χ3v) is 5.25. The van der Waals surface area contributed by atoms with Crippen molar-refractivity contribution in [3.63, 3.8) is 0 Å². The molecule has 3 rings (SSSR count). The van der Waals surface area contributed by atoms with Crippen molar-refractivity contribution >= 4 is 21.8 Å². The van der Waals surface area contributed by atoms with Gasteiger partial charge in [0.2, 0.25) is 5.91 Å². The molecule has 8 heteroatoms. The predicted molar refractivity (Wildman–Crippen MR) is 94.3 cm³/mol. The van der Waals surface area contributed by atoms with E-state index in [-0.39, 0.29) is 5.91 Å². The first kappa shape index (κ1) is 17.2. The number of halogens is 1. The molecule has 24 heavy (non-hydrogen) atoms. The Bertz CT molecular complexity index is 701. The predicted octanol–water partition coefficient (Wildman–Crippen LogP) is 1.42. The lowest BCUT2D eigenvalue weighted by molar-refractivity contribution is -0.133. The lowest BCUT2D eigenvalue weighted by atomic mass is 10.2. The van der Waals surface area contributed by atoms with Crippen molar-refractivity contribution < 1.29 is 4.79 Å². The number of amides is 1. The first-order valence-corrected chi connectivity index (χ1v) is 8.98. The zero-order chi connectivity index (χ0) is 17.1. The van der Waals surface area contributed by atoms with E-state index < -0.39 is 0 Å². The topological polar surface area (TPSA) is 59.2 Å². The van der Waals surface area contributed by atoms with Gasteiger partial charge >= 0.3 is 0 Å². The number of hydrogen-bond donors (Lipinski definition) is 0. The molecular formula is C16H23BrN6O. The highest BCUT2D eigenvalue weighted by molar-refractivity contribution is 9.10. The van der Waals surface area contributed by atoms with Gasteiger partial charge in [-0.3, -0.25) is 19.1 Å². The van der Waals surface area contributed by atoms with Crippen molar-refractivity contribution in [2.45, 2.75) is 26.4 Å². The van der Waals surface area contributed by atoms with Crippen LogP contribution >= 0.6 is 15.9 Å². The van der Waals surface area contributed by atoms with E-state index in [9.17, 15) is 4.79 Å². The van der Waals surface area contributed by atoms with Gasteiger partial charge in [0.1, 0.15) is 0 Å². The molecule has 0 N–H and O–H groups in total. The van der Waals surface area contributed by atoms with Crippen molar-refractivity contribution in [1.82, 2.24) is 29.4 Å². The molecule has 130 valence electrons. The molecule has 0 aromatic carbocycles. The average Bonchev–Trinajstić information content (AvgIpc) is 3.12. The molecular weight excluding hydrogens is 372 g/mol. The first-order valence-electron chi connectivity index (χ1n) is 8.18. The molecule has 2 aromatic heterocycles. The van der Waals surface area contributed by atoms with Crippen LogP contribution in [0.15, 0.2) is 23.1 Å². The molecule has 0 radical (unpaired) electrons. The number of carbonyl (C=O) groups is 1. The second-order valence-electron chi connectivity index (χ2n) is 6.23. The minimum Gasteiger partial charge on any atom is -0.340 e. The molecule has 0 bridgehead atoms. The largest absolute Gasteiger partial charge is 0.340 e. The summed E-state index contributed by atoms with van der Waals surface area (Å²) in [7, 11) is 1.93. The summed E-state index contributed by atoms with van der Waals surface area (Å²) in [6, 6.07) is 0. The molecule has 0 spiro atoms. The Kier molecular flexibility index (Phi) is 5.35. The fraction of sp³-hybridized carbons (Fsp3) is 0.562. The maximum Gasteiger partial charge on any atom is 0.224 e. The molecule has 1 aliphatic heterocycles. The molecule has 1 amide bonds.